The zero-order chi connectivity index (χ0) is 18.7. The van der Waals surface area contributed by atoms with Crippen LogP contribution in [0.2, 0.25) is 0 Å². The SMILES string of the molecule is COc1ccccc1NC(=O)c1ccccc1-c1nc(C(C)(C)C)no1. The van der Waals surface area contributed by atoms with Gasteiger partial charge in [0.05, 0.1) is 23.9 Å². The molecular formula is C20H21N3O3. The molecule has 6 heteroatoms. The molecule has 0 saturated carbocycles. The first-order valence-corrected chi connectivity index (χ1v) is 8.28. The third-order valence-electron chi connectivity index (χ3n) is 3.85. The van der Waals surface area contributed by atoms with Gasteiger partial charge in [0.15, 0.2) is 5.82 Å². The summed E-state index contributed by atoms with van der Waals surface area (Å²) in [6.07, 6.45) is 0. The molecule has 134 valence electrons. The summed E-state index contributed by atoms with van der Waals surface area (Å²) in [4.78, 5) is 17.3. The van der Waals surface area contributed by atoms with Crippen molar-refractivity contribution >= 4 is 11.6 Å². The van der Waals surface area contributed by atoms with E-state index in [0.29, 0.717) is 34.3 Å². The summed E-state index contributed by atoms with van der Waals surface area (Å²) in [7, 11) is 1.56. The molecule has 26 heavy (non-hydrogen) atoms. The average molecular weight is 351 g/mol. The number of hydrogen-bond acceptors (Lipinski definition) is 5. The largest absolute Gasteiger partial charge is 0.495 e. The number of nitrogens with zero attached hydrogens (tertiary/aromatic N) is 2. The Morgan fingerprint density at radius 3 is 2.46 bits per heavy atom. The van der Waals surface area contributed by atoms with E-state index < -0.39 is 0 Å². The van der Waals surface area contributed by atoms with E-state index in [9.17, 15) is 4.79 Å². The molecule has 3 rings (SSSR count). The summed E-state index contributed by atoms with van der Waals surface area (Å²) in [6.45, 7) is 6.01. The minimum atomic E-state index is -0.277. The summed E-state index contributed by atoms with van der Waals surface area (Å²) in [5.41, 5.74) is 1.39. The highest BCUT2D eigenvalue weighted by molar-refractivity contribution is 6.08. The van der Waals surface area contributed by atoms with Crippen LogP contribution in [0.4, 0.5) is 5.69 Å². The van der Waals surface area contributed by atoms with Crippen LogP contribution in [0.5, 0.6) is 5.75 Å². The molecule has 1 amide bonds. The molecule has 0 unspecified atom stereocenters. The first-order valence-electron chi connectivity index (χ1n) is 8.28. The third kappa shape index (κ3) is 3.59. The van der Waals surface area contributed by atoms with Gasteiger partial charge in [-0.15, -0.1) is 0 Å². The van der Waals surface area contributed by atoms with E-state index in [1.54, 1.807) is 37.4 Å². The number of methoxy groups -OCH3 is 1. The van der Waals surface area contributed by atoms with E-state index in [1.807, 2.05) is 39.0 Å². The molecule has 1 N–H and O–H groups in total. The summed E-state index contributed by atoms with van der Waals surface area (Å²) in [5, 5.41) is 6.91. The number of carbonyl (C=O) groups excluding carboxylic acids is 1. The van der Waals surface area contributed by atoms with Gasteiger partial charge in [-0.3, -0.25) is 4.79 Å². The zero-order valence-corrected chi connectivity index (χ0v) is 15.2. The number of nitrogens with one attached hydrogen (secondary N) is 1. The first kappa shape index (κ1) is 17.7. The quantitative estimate of drug-likeness (QED) is 0.758. The van der Waals surface area contributed by atoms with Crippen molar-refractivity contribution in [3.8, 4) is 17.2 Å². The van der Waals surface area contributed by atoms with Gasteiger partial charge >= 0.3 is 0 Å². The smallest absolute Gasteiger partial charge is 0.258 e. The van der Waals surface area contributed by atoms with Gasteiger partial charge in [0.2, 0.25) is 0 Å². The number of carbonyl (C=O) groups is 1. The third-order valence-corrected chi connectivity index (χ3v) is 3.85. The molecule has 0 saturated heterocycles. The molecule has 0 aliphatic heterocycles. The lowest BCUT2D eigenvalue weighted by Gasteiger charge is -2.12. The zero-order valence-electron chi connectivity index (χ0n) is 15.2. The number of hydrogen-bond donors (Lipinski definition) is 1. The Morgan fingerprint density at radius 2 is 1.77 bits per heavy atom. The molecule has 0 aliphatic carbocycles. The molecule has 0 radical (unpaired) electrons. The number of ether oxygens (including phenoxy) is 1. The van der Waals surface area contributed by atoms with Crippen molar-refractivity contribution in [3.63, 3.8) is 0 Å². The highest BCUT2D eigenvalue weighted by Crippen LogP contribution is 2.28. The van der Waals surface area contributed by atoms with E-state index in [4.69, 9.17) is 9.26 Å². The van der Waals surface area contributed by atoms with Crippen molar-refractivity contribution < 1.29 is 14.1 Å². The lowest BCUT2D eigenvalue weighted by Crippen LogP contribution is -2.14. The van der Waals surface area contributed by atoms with Crippen molar-refractivity contribution in [1.29, 1.82) is 0 Å². The Balaban J connectivity index is 1.94. The standard InChI is InChI=1S/C20H21N3O3/c1-20(2,3)19-22-18(26-23-19)14-10-6-5-9-13(14)17(24)21-15-11-7-8-12-16(15)25-4/h5-12H,1-4H3,(H,21,24). The maximum atomic E-state index is 12.8. The van der Waals surface area contributed by atoms with Crippen LogP contribution in [0.3, 0.4) is 0 Å². The fraction of sp³-hybridized carbons (Fsp3) is 0.250. The maximum absolute atomic E-state index is 12.8. The van der Waals surface area contributed by atoms with Crippen LogP contribution in [0, 0.1) is 0 Å². The number of para-hydroxylation sites is 2. The second-order valence-electron chi connectivity index (χ2n) is 6.87. The Hall–Kier alpha value is -3.15. The number of benzene rings is 2. The molecule has 0 spiro atoms. The molecule has 1 heterocycles. The normalized spacial score (nSPS) is 11.2. The van der Waals surface area contributed by atoms with Crippen LogP contribution in [-0.4, -0.2) is 23.2 Å². The monoisotopic (exact) mass is 351 g/mol. The molecule has 0 atom stereocenters. The van der Waals surface area contributed by atoms with E-state index in [1.165, 1.54) is 0 Å². The predicted molar refractivity (Wildman–Crippen MR) is 99.4 cm³/mol. The molecule has 1 aromatic heterocycles. The average Bonchev–Trinajstić information content (AvgIpc) is 3.12. The summed E-state index contributed by atoms with van der Waals surface area (Å²) in [5.74, 6) is 1.22. The van der Waals surface area contributed by atoms with Crippen molar-refractivity contribution in [2.45, 2.75) is 26.2 Å². The van der Waals surface area contributed by atoms with Gasteiger partial charge in [0.1, 0.15) is 5.75 Å². The highest BCUT2D eigenvalue weighted by Gasteiger charge is 2.23. The van der Waals surface area contributed by atoms with E-state index in [2.05, 4.69) is 15.5 Å². The van der Waals surface area contributed by atoms with Crippen LogP contribution >= 0.6 is 0 Å². The van der Waals surface area contributed by atoms with Gasteiger partial charge in [-0.25, -0.2) is 0 Å². The van der Waals surface area contributed by atoms with Crippen molar-refractivity contribution in [2.24, 2.45) is 0 Å². The Morgan fingerprint density at radius 1 is 1.08 bits per heavy atom. The highest BCUT2D eigenvalue weighted by atomic mass is 16.5. The van der Waals surface area contributed by atoms with Gasteiger partial charge in [-0.2, -0.15) is 4.98 Å². The lowest BCUT2D eigenvalue weighted by molar-refractivity contribution is 0.102. The second kappa shape index (κ2) is 7.00. The van der Waals surface area contributed by atoms with Crippen LogP contribution in [0.25, 0.3) is 11.5 Å². The van der Waals surface area contributed by atoms with Gasteiger partial charge in [-0.1, -0.05) is 50.2 Å². The minimum absolute atomic E-state index is 0.240. The summed E-state index contributed by atoms with van der Waals surface area (Å²) < 4.78 is 10.7. The molecule has 2 aromatic carbocycles. The van der Waals surface area contributed by atoms with Gasteiger partial charge in [0, 0.05) is 5.41 Å². The number of rotatable bonds is 4. The molecule has 6 nitrogen and oxygen atoms in total. The molecule has 0 fully saturated rings. The van der Waals surface area contributed by atoms with Crippen LogP contribution in [-0.2, 0) is 5.41 Å². The molecule has 0 aliphatic rings. The van der Waals surface area contributed by atoms with Crippen molar-refractivity contribution in [3.05, 3.63) is 59.9 Å². The fourth-order valence-corrected chi connectivity index (χ4v) is 2.44. The van der Waals surface area contributed by atoms with E-state index in [0.717, 1.165) is 0 Å². The fourth-order valence-electron chi connectivity index (χ4n) is 2.44. The lowest BCUT2D eigenvalue weighted by atomic mass is 9.96. The predicted octanol–water partition coefficient (Wildman–Crippen LogP) is 4.30. The Bertz CT molecular complexity index is 926. The molecular weight excluding hydrogens is 330 g/mol. The van der Waals surface area contributed by atoms with Crippen LogP contribution in [0.1, 0.15) is 37.0 Å². The van der Waals surface area contributed by atoms with Crippen molar-refractivity contribution in [1.82, 2.24) is 10.1 Å². The van der Waals surface area contributed by atoms with E-state index >= 15 is 0 Å². The van der Waals surface area contributed by atoms with Gasteiger partial charge in [0.25, 0.3) is 11.8 Å². The van der Waals surface area contributed by atoms with Crippen LogP contribution < -0.4 is 10.1 Å². The van der Waals surface area contributed by atoms with Gasteiger partial charge < -0.3 is 14.6 Å². The second-order valence-corrected chi connectivity index (χ2v) is 6.87. The van der Waals surface area contributed by atoms with Gasteiger partial charge in [-0.05, 0) is 24.3 Å². The van der Waals surface area contributed by atoms with Crippen molar-refractivity contribution in [2.75, 3.05) is 12.4 Å². The minimum Gasteiger partial charge on any atom is -0.495 e. The number of aromatic nitrogens is 2. The molecule has 0 bridgehead atoms. The number of amides is 1. The maximum Gasteiger partial charge on any atom is 0.258 e. The topological polar surface area (TPSA) is 77.2 Å². The number of anilines is 1. The first-order chi connectivity index (χ1) is 12.4. The summed E-state index contributed by atoms with van der Waals surface area (Å²) in [6, 6.07) is 14.4. The van der Waals surface area contributed by atoms with Crippen LogP contribution in [0.15, 0.2) is 53.1 Å². The Kier molecular flexibility index (Phi) is 4.75. The Labute approximate surface area is 152 Å². The summed E-state index contributed by atoms with van der Waals surface area (Å²) >= 11 is 0. The van der Waals surface area contributed by atoms with E-state index in [-0.39, 0.29) is 11.3 Å². The molecule has 3 aromatic rings.